The van der Waals surface area contributed by atoms with E-state index in [0.29, 0.717) is 18.0 Å². The number of halogens is 1. The number of benzene rings is 3. The lowest BCUT2D eigenvalue weighted by Crippen LogP contribution is -2.51. The first-order valence-corrected chi connectivity index (χ1v) is 15.3. The van der Waals surface area contributed by atoms with Crippen molar-refractivity contribution in [2.75, 3.05) is 31.6 Å². The fourth-order valence-corrected chi connectivity index (χ4v) is 5.80. The molecule has 0 bridgehead atoms. The number of methoxy groups -OCH3 is 2. The van der Waals surface area contributed by atoms with Crippen LogP contribution in [-0.2, 0) is 26.2 Å². The van der Waals surface area contributed by atoms with Gasteiger partial charge in [-0.15, -0.1) is 0 Å². The van der Waals surface area contributed by atoms with Gasteiger partial charge in [-0.1, -0.05) is 55.3 Å². The fraction of sp³-hybridized carbons (Fsp3) is 0.355. The number of nitrogens with zero attached hydrogens (tertiary/aromatic N) is 2. The molecule has 0 fully saturated rings. The molecule has 2 amide bonds. The number of sulfonamides is 1. The van der Waals surface area contributed by atoms with Gasteiger partial charge in [-0.2, -0.15) is 0 Å². The Morgan fingerprint density at radius 1 is 0.929 bits per heavy atom. The van der Waals surface area contributed by atoms with Crippen LogP contribution in [0.4, 0.5) is 5.69 Å². The third kappa shape index (κ3) is 8.17. The maximum Gasteiger partial charge on any atom is 0.264 e. The molecule has 0 heterocycles. The Hall–Kier alpha value is -3.76. The third-order valence-electron chi connectivity index (χ3n) is 6.68. The molecule has 226 valence electrons. The van der Waals surface area contributed by atoms with Crippen LogP contribution in [0.3, 0.4) is 0 Å². The first-order valence-electron chi connectivity index (χ1n) is 13.5. The van der Waals surface area contributed by atoms with Crippen LogP contribution in [0, 0.1) is 12.8 Å². The number of anilines is 1. The van der Waals surface area contributed by atoms with Crippen molar-refractivity contribution in [1.82, 2.24) is 10.2 Å². The summed E-state index contributed by atoms with van der Waals surface area (Å²) in [6.07, 6.45) is 0. The van der Waals surface area contributed by atoms with Crippen molar-refractivity contribution in [3.05, 3.63) is 82.9 Å². The number of amides is 2. The van der Waals surface area contributed by atoms with Gasteiger partial charge in [0.15, 0.2) is 0 Å². The van der Waals surface area contributed by atoms with Crippen LogP contribution in [0.1, 0.15) is 31.9 Å². The second-order valence-electron chi connectivity index (χ2n) is 10.3. The number of carbonyl (C=O) groups excluding carboxylic acids is 2. The molecule has 0 radical (unpaired) electrons. The number of nitrogens with one attached hydrogen (secondary N) is 1. The van der Waals surface area contributed by atoms with Gasteiger partial charge in [0, 0.05) is 13.1 Å². The van der Waals surface area contributed by atoms with Gasteiger partial charge in [0.05, 0.1) is 29.8 Å². The SMILES string of the molecule is COc1ccc(CN(C(=O)CN(c2ccc(OC)c(Cl)c2)S(=O)(=O)c2ccc(C)cc2)C(C)C(=O)NCC(C)C)cc1. The van der Waals surface area contributed by atoms with Crippen molar-refractivity contribution in [2.24, 2.45) is 5.92 Å². The van der Waals surface area contributed by atoms with Gasteiger partial charge in [-0.05, 0) is 67.8 Å². The zero-order valence-corrected chi connectivity index (χ0v) is 26.3. The first kappa shape index (κ1) is 32.8. The molecular weight excluding hydrogens is 578 g/mol. The first-order chi connectivity index (χ1) is 19.9. The Kier molecular flexibility index (Phi) is 11.2. The standard InChI is InChI=1S/C31H38ClN3O6S/c1-21(2)18-33-31(37)23(4)34(19-24-9-12-26(40-5)13-10-24)30(36)20-35(25-11-16-29(41-6)28(32)17-25)42(38,39)27-14-7-22(3)8-15-27/h7-17,21,23H,18-20H2,1-6H3,(H,33,37). The molecule has 3 aromatic carbocycles. The molecule has 0 spiro atoms. The number of hydrogen-bond acceptors (Lipinski definition) is 6. The highest BCUT2D eigenvalue weighted by molar-refractivity contribution is 7.92. The van der Waals surface area contributed by atoms with Gasteiger partial charge in [-0.25, -0.2) is 8.42 Å². The maximum atomic E-state index is 14.0. The van der Waals surface area contributed by atoms with Crippen LogP contribution in [-0.4, -0.2) is 58.5 Å². The highest BCUT2D eigenvalue weighted by Crippen LogP contribution is 2.32. The van der Waals surface area contributed by atoms with Crippen LogP contribution in [0.2, 0.25) is 5.02 Å². The van der Waals surface area contributed by atoms with Crippen molar-refractivity contribution in [1.29, 1.82) is 0 Å². The highest BCUT2D eigenvalue weighted by Gasteiger charge is 2.33. The van der Waals surface area contributed by atoms with Crippen LogP contribution in [0.25, 0.3) is 0 Å². The van der Waals surface area contributed by atoms with E-state index < -0.39 is 28.5 Å². The van der Waals surface area contributed by atoms with E-state index in [2.05, 4.69) is 5.32 Å². The van der Waals surface area contributed by atoms with Gasteiger partial charge < -0.3 is 19.7 Å². The maximum absolute atomic E-state index is 14.0. The molecule has 0 saturated heterocycles. The van der Waals surface area contributed by atoms with Gasteiger partial charge in [0.1, 0.15) is 24.1 Å². The van der Waals surface area contributed by atoms with Gasteiger partial charge >= 0.3 is 0 Å². The second kappa shape index (κ2) is 14.4. The number of rotatable bonds is 13. The van der Waals surface area contributed by atoms with Gasteiger partial charge in [-0.3, -0.25) is 13.9 Å². The molecular formula is C31H38ClN3O6S. The van der Waals surface area contributed by atoms with E-state index in [1.165, 1.54) is 42.3 Å². The van der Waals surface area contributed by atoms with Gasteiger partial charge in [0.2, 0.25) is 11.8 Å². The summed E-state index contributed by atoms with van der Waals surface area (Å²) >= 11 is 6.37. The Morgan fingerprint density at radius 2 is 1.57 bits per heavy atom. The molecule has 1 atom stereocenters. The number of carbonyl (C=O) groups is 2. The van der Waals surface area contributed by atoms with Crippen LogP contribution >= 0.6 is 11.6 Å². The number of aryl methyl sites for hydroxylation is 1. The molecule has 0 aliphatic carbocycles. The molecule has 42 heavy (non-hydrogen) atoms. The summed E-state index contributed by atoms with van der Waals surface area (Å²) in [6, 6.07) is 17.1. The molecule has 11 heteroatoms. The molecule has 0 aliphatic rings. The quantitative estimate of drug-likeness (QED) is 0.289. The molecule has 9 nitrogen and oxygen atoms in total. The average Bonchev–Trinajstić information content (AvgIpc) is 2.97. The van der Waals surface area contributed by atoms with Crippen molar-refractivity contribution >= 4 is 39.1 Å². The zero-order chi connectivity index (χ0) is 31.0. The van der Waals surface area contributed by atoms with Gasteiger partial charge in [0.25, 0.3) is 10.0 Å². The van der Waals surface area contributed by atoms with Crippen molar-refractivity contribution in [2.45, 2.75) is 45.2 Å². The molecule has 0 saturated carbocycles. The highest BCUT2D eigenvalue weighted by atomic mass is 35.5. The van der Waals surface area contributed by atoms with E-state index in [0.717, 1.165) is 15.4 Å². The Morgan fingerprint density at radius 3 is 2.12 bits per heavy atom. The minimum absolute atomic E-state index is 0.0114. The van der Waals surface area contributed by atoms with E-state index in [9.17, 15) is 18.0 Å². The Bertz CT molecular complexity index is 1480. The summed E-state index contributed by atoms with van der Waals surface area (Å²) in [5.41, 5.74) is 1.81. The lowest BCUT2D eigenvalue weighted by atomic mass is 10.1. The normalized spacial score (nSPS) is 12.0. The minimum atomic E-state index is -4.22. The summed E-state index contributed by atoms with van der Waals surface area (Å²) in [5, 5.41) is 3.06. The summed E-state index contributed by atoms with van der Waals surface area (Å²) in [7, 11) is -1.21. The fourth-order valence-electron chi connectivity index (χ4n) is 4.14. The topological polar surface area (TPSA) is 105 Å². The Balaban J connectivity index is 2.04. The molecule has 1 N–H and O–H groups in total. The van der Waals surface area contributed by atoms with E-state index in [4.69, 9.17) is 21.1 Å². The largest absolute Gasteiger partial charge is 0.497 e. The lowest BCUT2D eigenvalue weighted by Gasteiger charge is -2.32. The number of hydrogen-bond donors (Lipinski definition) is 1. The molecule has 1 unspecified atom stereocenters. The van der Waals surface area contributed by atoms with E-state index >= 15 is 0 Å². The minimum Gasteiger partial charge on any atom is -0.497 e. The smallest absolute Gasteiger partial charge is 0.264 e. The molecule has 0 aromatic heterocycles. The van der Waals surface area contributed by atoms with Crippen LogP contribution in [0.15, 0.2) is 71.6 Å². The van der Waals surface area contributed by atoms with E-state index in [1.54, 1.807) is 50.4 Å². The predicted octanol–water partition coefficient (Wildman–Crippen LogP) is 5.05. The monoisotopic (exact) mass is 615 g/mol. The predicted molar refractivity (Wildman–Crippen MR) is 165 cm³/mol. The molecule has 3 aromatic rings. The summed E-state index contributed by atoms with van der Waals surface area (Å²) in [6.45, 7) is 7.35. The average molecular weight is 616 g/mol. The van der Waals surface area contributed by atoms with Crippen LogP contribution < -0.4 is 19.1 Å². The van der Waals surface area contributed by atoms with Crippen molar-refractivity contribution < 1.29 is 27.5 Å². The Labute approximate surface area is 253 Å². The van der Waals surface area contributed by atoms with Crippen molar-refractivity contribution in [3.63, 3.8) is 0 Å². The molecule has 3 rings (SSSR count). The third-order valence-corrected chi connectivity index (χ3v) is 8.76. The summed E-state index contributed by atoms with van der Waals surface area (Å²) < 4.78 is 39.4. The zero-order valence-electron chi connectivity index (χ0n) is 24.8. The summed E-state index contributed by atoms with van der Waals surface area (Å²) in [5.74, 6) is 0.301. The molecule has 0 aliphatic heterocycles. The van der Waals surface area contributed by atoms with Crippen molar-refractivity contribution in [3.8, 4) is 11.5 Å². The summed E-state index contributed by atoms with van der Waals surface area (Å²) in [4.78, 5) is 28.5. The lowest BCUT2D eigenvalue weighted by molar-refractivity contribution is -0.139. The van der Waals surface area contributed by atoms with Crippen LogP contribution in [0.5, 0.6) is 11.5 Å². The van der Waals surface area contributed by atoms with E-state index in [1.807, 2.05) is 20.8 Å². The second-order valence-corrected chi connectivity index (χ2v) is 12.6. The van der Waals surface area contributed by atoms with E-state index in [-0.39, 0.29) is 34.0 Å². The number of ether oxygens (including phenoxy) is 2.